The number of nitrogens with zero attached hydrogens (tertiary/aromatic N) is 2. The van der Waals surface area contributed by atoms with Gasteiger partial charge in [0.05, 0.1) is 11.9 Å². The minimum Gasteiger partial charge on any atom is -0.474 e. The van der Waals surface area contributed by atoms with E-state index in [9.17, 15) is 13.2 Å². The third kappa shape index (κ3) is 5.70. The van der Waals surface area contributed by atoms with Gasteiger partial charge in [0.1, 0.15) is 6.10 Å². The molecule has 0 radical (unpaired) electrons. The summed E-state index contributed by atoms with van der Waals surface area (Å²) in [6.45, 7) is 2.01. The minimum absolute atomic E-state index is 0.137. The van der Waals surface area contributed by atoms with Crippen molar-refractivity contribution in [3.05, 3.63) is 41.1 Å². The van der Waals surface area contributed by atoms with E-state index >= 15 is 0 Å². The van der Waals surface area contributed by atoms with Gasteiger partial charge in [0.2, 0.25) is 15.9 Å². The lowest BCUT2D eigenvalue weighted by Crippen LogP contribution is -2.35. The van der Waals surface area contributed by atoms with Crippen LogP contribution >= 0.6 is 0 Å². The fourth-order valence-electron chi connectivity index (χ4n) is 5.19. The Morgan fingerprint density at radius 3 is 2.56 bits per heavy atom. The predicted octanol–water partition coefficient (Wildman–Crippen LogP) is 3.88. The highest BCUT2D eigenvalue weighted by atomic mass is 32.2. The van der Waals surface area contributed by atoms with Gasteiger partial charge in [-0.3, -0.25) is 0 Å². The zero-order chi connectivity index (χ0) is 24.5. The average molecular weight is 487 g/mol. The van der Waals surface area contributed by atoms with Crippen molar-refractivity contribution in [1.82, 2.24) is 14.6 Å². The molecular weight excluding hydrogens is 452 g/mol. The Morgan fingerprint density at radius 2 is 1.88 bits per heavy atom. The topological polar surface area (TPSA) is 101 Å². The Bertz CT molecular complexity index is 1170. The Morgan fingerprint density at radius 1 is 1.15 bits per heavy atom. The molecule has 2 aromatic rings. The van der Waals surface area contributed by atoms with E-state index in [4.69, 9.17) is 4.74 Å². The van der Waals surface area contributed by atoms with Crippen LogP contribution in [0.25, 0.3) is 11.1 Å². The zero-order valence-electron chi connectivity index (χ0n) is 20.3. The number of benzene rings is 1. The Balaban J connectivity index is 1.62. The third-order valence-electron chi connectivity index (χ3n) is 6.80. The second-order valence-corrected chi connectivity index (χ2v) is 11.4. The number of fused-ring (bicyclic) bond motifs is 1. The number of sulfonamides is 1. The van der Waals surface area contributed by atoms with Crippen LogP contribution in [0.2, 0.25) is 0 Å². The van der Waals surface area contributed by atoms with Crippen molar-refractivity contribution in [3.8, 4) is 17.0 Å². The summed E-state index contributed by atoms with van der Waals surface area (Å²) in [4.78, 5) is 19.2. The molecule has 2 aliphatic carbocycles. The van der Waals surface area contributed by atoms with E-state index in [1.165, 1.54) is 5.56 Å². The van der Waals surface area contributed by atoms with Crippen LogP contribution in [-0.2, 0) is 22.9 Å². The summed E-state index contributed by atoms with van der Waals surface area (Å²) < 4.78 is 31.4. The van der Waals surface area contributed by atoms with Crippen LogP contribution in [0.15, 0.2) is 24.4 Å². The van der Waals surface area contributed by atoms with E-state index in [2.05, 4.69) is 35.4 Å². The Hall–Kier alpha value is -2.65. The van der Waals surface area contributed by atoms with Crippen molar-refractivity contribution in [1.29, 1.82) is 0 Å². The summed E-state index contributed by atoms with van der Waals surface area (Å²) in [5.41, 5.74) is 5.68. The molecule has 0 bridgehead atoms. The van der Waals surface area contributed by atoms with Crippen LogP contribution < -0.4 is 14.8 Å². The lowest BCUT2D eigenvalue weighted by Gasteiger charge is -2.32. The summed E-state index contributed by atoms with van der Waals surface area (Å²) in [5, 5.41) is 2.83. The molecule has 0 atom stereocenters. The fraction of sp³-hybridized carbons (Fsp3) is 0.520. The highest BCUT2D eigenvalue weighted by Gasteiger charge is 2.26. The number of urea groups is 1. The molecule has 1 fully saturated rings. The number of hydrogen-bond donors (Lipinski definition) is 2. The average Bonchev–Trinajstić information content (AvgIpc) is 3.21. The van der Waals surface area contributed by atoms with Crippen molar-refractivity contribution in [2.45, 2.75) is 64.0 Å². The standard InChI is InChI=1S/C25H34N4O4S/c1-16-14-17-6-5-7-21(17)24(27-25(30)28-34(4,31)32)23(16)18-12-13-26-22(15-18)33-20-10-8-19(9-11-20)29(2)3/h12-15,19-20H,5-11H2,1-4H3,(H2,27,28,30)/t19-,20-. The van der Waals surface area contributed by atoms with Crippen molar-refractivity contribution in [2.75, 3.05) is 25.7 Å². The quantitative estimate of drug-likeness (QED) is 0.643. The monoisotopic (exact) mass is 486 g/mol. The summed E-state index contributed by atoms with van der Waals surface area (Å²) in [6, 6.07) is 5.83. The fourth-order valence-corrected chi connectivity index (χ4v) is 5.58. The molecule has 1 saturated carbocycles. The predicted molar refractivity (Wildman–Crippen MR) is 134 cm³/mol. The maximum Gasteiger partial charge on any atom is 0.332 e. The van der Waals surface area contributed by atoms with Crippen molar-refractivity contribution < 1.29 is 17.9 Å². The summed E-state index contributed by atoms with van der Waals surface area (Å²) in [6.07, 6.45) is 9.79. The van der Waals surface area contributed by atoms with E-state index in [0.717, 1.165) is 73.5 Å². The number of carbonyl (C=O) groups is 1. The molecule has 184 valence electrons. The van der Waals surface area contributed by atoms with Crippen LogP contribution in [-0.4, -0.2) is 56.8 Å². The van der Waals surface area contributed by atoms with Gasteiger partial charge in [0.15, 0.2) is 0 Å². The van der Waals surface area contributed by atoms with Gasteiger partial charge in [0, 0.05) is 23.9 Å². The molecule has 34 heavy (non-hydrogen) atoms. The van der Waals surface area contributed by atoms with E-state index in [1.54, 1.807) is 6.20 Å². The van der Waals surface area contributed by atoms with Crippen LogP contribution in [0.4, 0.5) is 10.5 Å². The Labute approximate surface area is 202 Å². The minimum atomic E-state index is -3.67. The van der Waals surface area contributed by atoms with Gasteiger partial charge < -0.3 is 15.0 Å². The number of aryl methyl sites for hydroxylation is 2. The van der Waals surface area contributed by atoms with Gasteiger partial charge in [-0.2, -0.15) is 0 Å². The largest absolute Gasteiger partial charge is 0.474 e. The molecule has 1 aromatic heterocycles. The first-order valence-electron chi connectivity index (χ1n) is 11.8. The molecule has 2 aliphatic rings. The second kappa shape index (κ2) is 9.92. The summed E-state index contributed by atoms with van der Waals surface area (Å²) in [7, 11) is 0.573. The van der Waals surface area contributed by atoms with E-state index in [1.807, 2.05) is 23.8 Å². The maximum absolute atomic E-state index is 12.5. The first-order chi connectivity index (χ1) is 16.1. The van der Waals surface area contributed by atoms with Crippen LogP contribution in [0.3, 0.4) is 0 Å². The van der Waals surface area contributed by atoms with Crippen LogP contribution in [0.1, 0.15) is 48.8 Å². The number of carbonyl (C=O) groups excluding carboxylic acids is 1. The molecule has 0 aliphatic heterocycles. The number of ether oxygens (including phenoxy) is 1. The van der Waals surface area contributed by atoms with Gasteiger partial charge in [-0.1, -0.05) is 6.07 Å². The molecule has 2 N–H and O–H groups in total. The summed E-state index contributed by atoms with van der Waals surface area (Å²) in [5.74, 6) is 0.567. The van der Waals surface area contributed by atoms with E-state index < -0.39 is 16.1 Å². The number of rotatable bonds is 6. The maximum atomic E-state index is 12.5. The molecule has 2 amide bonds. The molecule has 0 spiro atoms. The number of anilines is 1. The van der Waals surface area contributed by atoms with Gasteiger partial charge in [0.25, 0.3) is 0 Å². The smallest absolute Gasteiger partial charge is 0.332 e. The first kappa shape index (κ1) is 24.5. The molecular formula is C25H34N4O4S. The molecule has 0 saturated heterocycles. The first-order valence-corrected chi connectivity index (χ1v) is 13.7. The number of amides is 2. The molecule has 4 rings (SSSR count). The molecule has 9 heteroatoms. The van der Waals surface area contributed by atoms with E-state index in [-0.39, 0.29) is 6.10 Å². The molecule has 1 aromatic carbocycles. The highest BCUT2D eigenvalue weighted by molar-refractivity contribution is 7.89. The van der Waals surface area contributed by atoms with Gasteiger partial charge in [-0.15, -0.1) is 0 Å². The molecule has 1 heterocycles. The second-order valence-electron chi connectivity index (χ2n) is 9.66. The zero-order valence-corrected chi connectivity index (χ0v) is 21.2. The van der Waals surface area contributed by atoms with Gasteiger partial charge in [-0.25, -0.2) is 22.9 Å². The number of pyridine rings is 1. The van der Waals surface area contributed by atoms with Crippen LogP contribution in [0, 0.1) is 6.92 Å². The van der Waals surface area contributed by atoms with Gasteiger partial charge in [-0.05, 0) is 94.3 Å². The van der Waals surface area contributed by atoms with E-state index in [0.29, 0.717) is 17.6 Å². The normalized spacial score (nSPS) is 20.1. The van der Waals surface area contributed by atoms with Crippen molar-refractivity contribution in [3.63, 3.8) is 0 Å². The Kier molecular flexibility index (Phi) is 7.14. The lowest BCUT2D eigenvalue weighted by molar-refractivity contribution is 0.107. The number of nitrogens with one attached hydrogen (secondary N) is 2. The van der Waals surface area contributed by atoms with Crippen molar-refractivity contribution in [2.24, 2.45) is 0 Å². The summed E-state index contributed by atoms with van der Waals surface area (Å²) >= 11 is 0. The highest BCUT2D eigenvalue weighted by Crippen LogP contribution is 2.41. The third-order valence-corrected chi connectivity index (χ3v) is 7.36. The van der Waals surface area contributed by atoms with Gasteiger partial charge >= 0.3 is 6.03 Å². The molecule has 0 unspecified atom stereocenters. The van der Waals surface area contributed by atoms with Crippen molar-refractivity contribution >= 4 is 21.7 Å². The lowest BCUT2D eigenvalue weighted by atomic mass is 9.92. The van der Waals surface area contributed by atoms with Crippen LogP contribution in [0.5, 0.6) is 5.88 Å². The number of hydrogen-bond acceptors (Lipinski definition) is 6. The molecule has 8 nitrogen and oxygen atoms in total. The SMILES string of the molecule is Cc1cc2c(c(NC(=O)NS(C)(=O)=O)c1-c1ccnc(O[C@H]3CC[C@H](N(C)C)CC3)c1)CCC2. The number of aromatic nitrogens is 1.